The summed E-state index contributed by atoms with van der Waals surface area (Å²) in [4.78, 5) is 54.2. The van der Waals surface area contributed by atoms with Crippen molar-refractivity contribution < 1.29 is 28.7 Å². The van der Waals surface area contributed by atoms with Crippen LogP contribution in [0.1, 0.15) is 43.6 Å². The first-order valence-electron chi connectivity index (χ1n) is 16.2. The highest BCUT2D eigenvalue weighted by Crippen LogP contribution is 2.35. The molecule has 268 valence electrons. The van der Waals surface area contributed by atoms with Crippen LogP contribution in [0.4, 0.5) is 16.4 Å². The van der Waals surface area contributed by atoms with E-state index in [2.05, 4.69) is 27.3 Å². The number of nitrogens with zero attached hydrogens (tertiary/aromatic N) is 1. The number of thiophene rings is 1. The zero-order valence-corrected chi connectivity index (χ0v) is 30.8. The van der Waals surface area contributed by atoms with E-state index >= 15 is 0 Å². The molecule has 13 heteroatoms. The molecule has 4 amide bonds. The van der Waals surface area contributed by atoms with E-state index < -0.39 is 17.1 Å². The Bertz CT molecular complexity index is 2210. The molecule has 0 radical (unpaired) electrons. The minimum atomic E-state index is -0.627. The van der Waals surface area contributed by atoms with E-state index in [4.69, 9.17) is 9.47 Å². The lowest BCUT2D eigenvalue weighted by molar-refractivity contribution is -0.115. The van der Waals surface area contributed by atoms with Crippen LogP contribution < -0.4 is 30.7 Å². The third-order valence-electron chi connectivity index (χ3n) is 7.77. The van der Waals surface area contributed by atoms with Gasteiger partial charge in [0.15, 0.2) is 0 Å². The van der Waals surface area contributed by atoms with Crippen molar-refractivity contribution in [2.24, 2.45) is 0 Å². The van der Waals surface area contributed by atoms with Gasteiger partial charge in [-0.15, -0.1) is 23.1 Å². The molecule has 0 aliphatic carbocycles. The minimum absolute atomic E-state index is 0.0486. The van der Waals surface area contributed by atoms with Crippen molar-refractivity contribution in [2.45, 2.75) is 24.0 Å². The van der Waals surface area contributed by atoms with Crippen LogP contribution in [0.2, 0.25) is 0 Å². The number of carbonyl (C=O) groups excluding carboxylic acids is 4. The Hall–Kier alpha value is -6.36. The summed E-state index contributed by atoms with van der Waals surface area (Å²) in [7, 11) is 3.02. The van der Waals surface area contributed by atoms with Crippen LogP contribution in [0.25, 0.3) is 6.08 Å². The topological polar surface area (TPSA) is 159 Å². The molecule has 0 saturated heterocycles. The number of benzene rings is 4. The predicted molar refractivity (Wildman–Crippen MR) is 209 cm³/mol. The Labute approximate surface area is 315 Å². The Balaban J connectivity index is 1.31. The SMILES string of the molecule is COc1ccc(OC)c(/C=C(/NC(=O)c2ccccc2)C(=O)Nc2cccc(SC(C)C(=O)Nc3sc(C(=O)Nc4ccccc4)c(C)c3C#N)c2)c1. The molecule has 1 atom stereocenters. The minimum Gasteiger partial charge on any atom is -0.497 e. The molecule has 1 unspecified atom stereocenters. The summed E-state index contributed by atoms with van der Waals surface area (Å²) in [5.41, 5.74) is 2.53. The quantitative estimate of drug-likeness (QED) is 0.0704. The average Bonchev–Trinajstić information content (AvgIpc) is 3.49. The number of methoxy groups -OCH3 is 2. The lowest BCUT2D eigenvalue weighted by Gasteiger charge is -2.14. The van der Waals surface area contributed by atoms with Crippen LogP contribution in [0, 0.1) is 18.3 Å². The van der Waals surface area contributed by atoms with Crippen LogP contribution in [0.3, 0.4) is 0 Å². The van der Waals surface area contributed by atoms with E-state index in [1.54, 1.807) is 111 Å². The molecule has 53 heavy (non-hydrogen) atoms. The van der Waals surface area contributed by atoms with Crippen molar-refractivity contribution in [3.05, 3.63) is 136 Å². The highest BCUT2D eigenvalue weighted by molar-refractivity contribution is 8.00. The fourth-order valence-corrected chi connectivity index (χ4v) is 7.01. The number of nitrogens with one attached hydrogen (secondary N) is 4. The van der Waals surface area contributed by atoms with Gasteiger partial charge in [-0.2, -0.15) is 5.26 Å². The number of hydrogen-bond acceptors (Lipinski definition) is 9. The second-order valence-corrected chi connectivity index (χ2v) is 13.8. The molecule has 0 aliphatic heterocycles. The van der Waals surface area contributed by atoms with Crippen molar-refractivity contribution in [2.75, 3.05) is 30.2 Å². The van der Waals surface area contributed by atoms with E-state index in [0.29, 0.717) is 49.3 Å². The van der Waals surface area contributed by atoms with Gasteiger partial charge < -0.3 is 30.7 Å². The van der Waals surface area contributed by atoms with Crippen molar-refractivity contribution in [3.8, 4) is 17.6 Å². The normalized spacial score (nSPS) is 11.4. The molecular formula is C40H35N5O6S2. The smallest absolute Gasteiger partial charge is 0.272 e. The molecule has 0 spiro atoms. The molecule has 4 N–H and O–H groups in total. The highest BCUT2D eigenvalue weighted by atomic mass is 32.2. The summed E-state index contributed by atoms with van der Waals surface area (Å²) in [5.74, 6) is -0.850. The Morgan fingerprint density at radius 1 is 0.811 bits per heavy atom. The van der Waals surface area contributed by atoms with Crippen molar-refractivity contribution in [3.63, 3.8) is 0 Å². The highest BCUT2D eigenvalue weighted by Gasteiger charge is 2.24. The molecule has 4 aromatic carbocycles. The third kappa shape index (κ3) is 9.70. The second kappa shape index (κ2) is 17.7. The molecular weight excluding hydrogens is 711 g/mol. The van der Waals surface area contributed by atoms with Crippen LogP contribution in [0.5, 0.6) is 11.5 Å². The summed E-state index contributed by atoms with van der Waals surface area (Å²) in [6.45, 7) is 3.38. The van der Waals surface area contributed by atoms with Gasteiger partial charge in [-0.1, -0.05) is 42.5 Å². The van der Waals surface area contributed by atoms with E-state index in [9.17, 15) is 24.4 Å². The number of hydrogen-bond donors (Lipinski definition) is 4. The molecule has 11 nitrogen and oxygen atoms in total. The molecule has 0 saturated carbocycles. The molecule has 1 heterocycles. The molecule has 5 rings (SSSR count). The van der Waals surface area contributed by atoms with Gasteiger partial charge in [-0.3, -0.25) is 19.2 Å². The molecule has 5 aromatic rings. The lowest BCUT2D eigenvalue weighted by Crippen LogP contribution is -2.30. The largest absolute Gasteiger partial charge is 0.497 e. The summed E-state index contributed by atoms with van der Waals surface area (Å²) in [6, 6.07) is 31.6. The van der Waals surface area contributed by atoms with Gasteiger partial charge in [-0.05, 0) is 86.2 Å². The number of thioether (sulfide) groups is 1. The standard InChI is InChI=1S/C40H35N5O6S2/c1-24-32(23-41)40(53-35(24)39(49)42-28-14-9-6-10-15-28)45-36(46)25(2)52-31-17-11-16-29(22-31)43-38(48)33(44-37(47)26-12-7-5-8-13-26)21-27-20-30(50-3)18-19-34(27)51-4/h5-22,25H,1-4H3,(H,42,49)(H,43,48)(H,44,47)(H,45,46)/b33-21+. The monoisotopic (exact) mass is 745 g/mol. The fourth-order valence-electron chi connectivity index (χ4n) is 5.03. The first-order chi connectivity index (χ1) is 25.6. The van der Waals surface area contributed by atoms with E-state index in [1.807, 2.05) is 6.07 Å². The van der Waals surface area contributed by atoms with Gasteiger partial charge >= 0.3 is 0 Å². The molecule has 0 fully saturated rings. The molecule has 0 bridgehead atoms. The van der Waals surface area contributed by atoms with Crippen LogP contribution in [0.15, 0.2) is 114 Å². The van der Waals surface area contributed by atoms with E-state index in [-0.39, 0.29) is 28.1 Å². The van der Waals surface area contributed by atoms with Gasteiger partial charge in [0, 0.05) is 27.4 Å². The number of anilines is 3. The number of ether oxygens (including phenoxy) is 2. The van der Waals surface area contributed by atoms with Crippen LogP contribution in [-0.2, 0) is 9.59 Å². The van der Waals surface area contributed by atoms with Crippen molar-refractivity contribution >= 4 is 69.2 Å². The van der Waals surface area contributed by atoms with E-state index in [1.165, 1.54) is 32.1 Å². The molecule has 1 aromatic heterocycles. The average molecular weight is 746 g/mol. The summed E-state index contributed by atoms with van der Waals surface area (Å²) < 4.78 is 10.8. The van der Waals surface area contributed by atoms with Gasteiger partial charge in [0.1, 0.15) is 28.3 Å². The second-order valence-electron chi connectivity index (χ2n) is 11.4. The van der Waals surface area contributed by atoms with Crippen LogP contribution in [-0.4, -0.2) is 43.1 Å². The first kappa shape index (κ1) is 37.9. The summed E-state index contributed by atoms with van der Waals surface area (Å²) in [6.07, 6.45) is 1.50. The Morgan fingerprint density at radius 2 is 1.51 bits per heavy atom. The zero-order chi connectivity index (χ0) is 37.9. The van der Waals surface area contributed by atoms with Crippen LogP contribution >= 0.6 is 23.1 Å². The fraction of sp³-hybridized carbons (Fsp3) is 0.125. The third-order valence-corrected chi connectivity index (χ3v) is 10.1. The maximum absolute atomic E-state index is 13.7. The van der Waals surface area contributed by atoms with E-state index in [0.717, 1.165) is 11.3 Å². The lowest BCUT2D eigenvalue weighted by atomic mass is 10.1. The predicted octanol–water partition coefficient (Wildman–Crippen LogP) is 7.73. The van der Waals surface area contributed by atoms with Gasteiger partial charge in [0.25, 0.3) is 17.7 Å². The van der Waals surface area contributed by atoms with Gasteiger partial charge in [0.05, 0.1) is 29.9 Å². The van der Waals surface area contributed by atoms with Crippen molar-refractivity contribution in [1.29, 1.82) is 5.26 Å². The Morgan fingerprint density at radius 3 is 2.19 bits per heavy atom. The maximum atomic E-state index is 13.7. The summed E-state index contributed by atoms with van der Waals surface area (Å²) >= 11 is 2.27. The number of nitriles is 1. The Kier molecular flexibility index (Phi) is 12.7. The van der Waals surface area contributed by atoms with Gasteiger partial charge in [-0.25, -0.2) is 0 Å². The maximum Gasteiger partial charge on any atom is 0.272 e. The number of amides is 4. The number of para-hydroxylation sites is 1. The first-order valence-corrected chi connectivity index (χ1v) is 17.9. The zero-order valence-electron chi connectivity index (χ0n) is 29.2. The number of rotatable bonds is 13. The summed E-state index contributed by atoms with van der Waals surface area (Å²) in [5, 5.41) is 20.7. The number of carbonyl (C=O) groups is 4. The van der Waals surface area contributed by atoms with Crippen molar-refractivity contribution in [1.82, 2.24) is 5.32 Å². The molecule has 0 aliphatic rings. The van der Waals surface area contributed by atoms with Gasteiger partial charge in [0.2, 0.25) is 5.91 Å².